The van der Waals surface area contributed by atoms with E-state index in [9.17, 15) is 0 Å². The molecule has 0 N–H and O–H groups in total. The molecule has 1 heteroatoms. The smallest absolute Gasteiger partial charge is 0.00850 e. The van der Waals surface area contributed by atoms with Gasteiger partial charge in [0.1, 0.15) is 0 Å². The fraction of sp³-hybridized carbons (Fsp3) is 0.846. The first-order valence-electron chi connectivity index (χ1n) is 11.9. The highest BCUT2D eigenvalue weighted by molar-refractivity contribution is 7.18. The van der Waals surface area contributed by atoms with E-state index in [2.05, 4.69) is 49.6 Å². The van der Waals surface area contributed by atoms with Gasteiger partial charge in [-0.1, -0.05) is 57.9 Å². The van der Waals surface area contributed by atoms with Crippen LogP contribution in [0, 0.1) is 34.5 Å². The molecule has 3 saturated carbocycles. The van der Waals surface area contributed by atoms with Crippen molar-refractivity contribution in [2.24, 2.45) is 34.5 Å². The molecule has 0 aromatic rings. The lowest BCUT2D eigenvalue weighted by Gasteiger charge is -2.61. The van der Waals surface area contributed by atoms with Crippen molar-refractivity contribution < 1.29 is 0 Å². The average Bonchev–Trinajstić information content (AvgIpc) is 2.76. The molecule has 4 rings (SSSR count). The molecular weight excluding hydrogens is 343 g/mol. The van der Waals surface area contributed by atoms with Crippen LogP contribution in [0.5, 0.6) is 0 Å². The SMILES string of the molecule is C=C(CC)C1CCCC2C3CC=C4CC[C@](C)(P)CCC4(C)C3CCC12C. The molecule has 3 fully saturated rings. The molecule has 27 heavy (non-hydrogen) atoms. The van der Waals surface area contributed by atoms with Gasteiger partial charge in [0.05, 0.1) is 0 Å². The van der Waals surface area contributed by atoms with Gasteiger partial charge in [0.25, 0.3) is 0 Å². The van der Waals surface area contributed by atoms with Crippen LogP contribution >= 0.6 is 9.24 Å². The Morgan fingerprint density at radius 1 is 1.07 bits per heavy atom. The average molecular weight is 387 g/mol. The van der Waals surface area contributed by atoms with Crippen LogP contribution in [0.25, 0.3) is 0 Å². The second-order valence-electron chi connectivity index (χ2n) is 11.5. The quantitative estimate of drug-likeness (QED) is 0.334. The summed E-state index contributed by atoms with van der Waals surface area (Å²) in [4.78, 5) is 0. The maximum Gasteiger partial charge on any atom is -0.00850 e. The minimum atomic E-state index is 0.453. The van der Waals surface area contributed by atoms with E-state index in [0.717, 1.165) is 23.7 Å². The van der Waals surface area contributed by atoms with Crippen molar-refractivity contribution in [3.63, 3.8) is 0 Å². The van der Waals surface area contributed by atoms with Gasteiger partial charge < -0.3 is 0 Å². The first-order chi connectivity index (χ1) is 12.7. The number of fused-ring (bicyclic) bond motifs is 5. The van der Waals surface area contributed by atoms with Gasteiger partial charge in [-0.3, -0.25) is 0 Å². The number of rotatable bonds is 2. The zero-order valence-corrected chi connectivity index (χ0v) is 19.6. The summed E-state index contributed by atoms with van der Waals surface area (Å²) in [7, 11) is 3.19. The molecule has 0 radical (unpaired) electrons. The third-order valence-electron chi connectivity index (χ3n) is 9.99. The molecule has 4 aliphatic carbocycles. The van der Waals surface area contributed by atoms with Gasteiger partial charge >= 0.3 is 0 Å². The summed E-state index contributed by atoms with van der Waals surface area (Å²) in [6, 6.07) is 0. The Morgan fingerprint density at radius 3 is 2.59 bits per heavy atom. The molecule has 0 nitrogen and oxygen atoms in total. The van der Waals surface area contributed by atoms with Crippen molar-refractivity contribution in [2.75, 3.05) is 0 Å². The van der Waals surface area contributed by atoms with Crippen LogP contribution in [0.4, 0.5) is 0 Å². The van der Waals surface area contributed by atoms with Gasteiger partial charge in [-0.15, -0.1) is 9.24 Å². The lowest BCUT2D eigenvalue weighted by atomic mass is 9.44. The van der Waals surface area contributed by atoms with E-state index in [1.807, 2.05) is 5.57 Å². The van der Waals surface area contributed by atoms with Crippen molar-refractivity contribution in [2.45, 2.75) is 103 Å². The van der Waals surface area contributed by atoms with Crippen LogP contribution in [0.1, 0.15) is 98.3 Å². The topological polar surface area (TPSA) is 0 Å². The largest absolute Gasteiger partial charge is 0.131 e. The molecule has 152 valence electrons. The van der Waals surface area contributed by atoms with Crippen molar-refractivity contribution in [3.05, 3.63) is 23.8 Å². The number of allylic oxidation sites excluding steroid dienone is 3. The molecule has 0 heterocycles. The Hall–Kier alpha value is -0.0900. The van der Waals surface area contributed by atoms with E-state index >= 15 is 0 Å². The number of hydrogen-bond acceptors (Lipinski definition) is 0. The van der Waals surface area contributed by atoms with E-state index in [1.54, 1.807) is 5.57 Å². The Labute approximate surface area is 171 Å². The monoisotopic (exact) mass is 386 g/mol. The molecule has 0 aromatic carbocycles. The van der Waals surface area contributed by atoms with Crippen LogP contribution in [-0.2, 0) is 0 Å². The number of hydrogen-bond donors (Lipinski definition) is 0. The van der Waals surface area contributed by atoms with Crippen molar-refractivity contribution in [1.82, 2.24) is 0 Å². The lowest BCUT2D eigenvalue weighted by molar-refractivity contribution is -0.0819. The molecule has 7 unspecified atom stereocenters. The Balaban J connectivity index is 1.65. The van der Waals surface area contributed by atoms with Gasteiger partial charge in [-0.25, -0.2) is 0 Å². The first-order valence-corrected chi connectivity index (χ1v) is 12.4. The second kappa shape index (κ2) is 7.00. The normalized spacial score (nSPS) is 49.9. The fourth-order valence-electron chi connectivity index (χ4n) is 8.09. The highest BCUT2D eigenvalue weighted by Crippen LogP contribution is 2.66. The zero-order valence-electron chi connectivity index (χ0n) is 18.4. The van der Waals surface area contributed by atoms with Crippen LogP contribution in [0.2, 0.25) is 0 Å². The third-order valence-corrected chi connectivity index (χ3v) is 10.6. The Bertz CT molecular complexity index is 628. The maximum atomic E-state index is 4.53. The fourth-order valence-corrected chi connectivity index (χ4v) is 8.38. The van der Waals surface area contributed by atoms with E-state index in [1.165, 1.54) is 70.6 Å². The van der Waals surface area contributed by atoms with Crippen LogP contribution in [0.3, 0.4) is 0 Å². The summed E-state index contributed by atoms with van der Waals surface area (Å²) < 4.78 is 0. The van der Waals surface area contributed by atoms with Gasteiger partial charge in [-0.05, 0) is 104 Å². The minimum absolute atomic E-state index is 0.453. The van der Waals surface area contributed by atoms with Crippen molar-refractivity contribution in [3.8, 4) is 0 Å². The molecular formula is C26H43P. The molecule has 8 atom stereocenters. The summed E-state index contributed by atoms with van der Waals surface area (Å²) in [6.45, 7) is 14.6. The molecule has 0 aliphatic heterocycles. The van der Waals surface area contributed by atoms with E-state index in [0.29, 0.717) is 16.0 Å². The third kappa shape index (κ3) is 3.21. The van der Waals surface area contributed by atoms with Crippen molar-refractivity contribution in [1.29, 1.82) is 0 Å². The van der Waals surface area contributed by atoms with Gasteiger partial charge in [0.2, 0.25) is 0 Å². The molecule has 0 bridgehead atoms. The predicted octanol–water partition coefficient (Wildman–Crippen LogP) is 7.95. The Kier molecular flexibility index (Phi) is 5.24. The second-order valence-corrected chi connectivity index (χ2v) is 12.8. The summed E-state index contributed by atoms with van der Waals surface area (Å²) in [5, 5.41) is 0.453. The summed E-state index contributed by atoms with van der Waals surface area (Å²) >= 11 is 0. The standard InChI is InChI=1S/C26H43P/c1-6-18(2)21-8-7-9-22-20-11-10-19-12-14-24(3,27)16-17-25(19,4)23(20)13-15-26(21,22)5/h10,20-23H,2,6-9,11-17,27H2,1,3-5H3/t20?,21?,22?,23?,24-,25?,26?/m0/s1. The van der Waals surface area contributed by atoms with Crippen LogP contribution in [0.15, 0.2) is 23.8 Å². The van der Waals surface area contributed by atoms with Gasteiger partial charge in [-0.2, -0.15) is 0 Å². The van der Waals surface area contributed by atoms with Gasteiger partial charge in [0.15, 0.2) is 0 Å². The minimum Gasteiger partial charge on any atom is -0.131 e. The maximum absolute atomic E-state index is 4.53. The molecule has 4 aliphatic rings. The first kappa shape index (κ1) is 20.2. The zero-order chi connectivity index (χ0) is 19.4. The van der Waals surface area contributed by atoms with E-state index < -0.39 is 0 Å². The van der Waals surface area contributed by atoms with Crippen LogP contribution in [-0.4, -0.2) is 5.16 Å². The highest BCUT2D eigenvalue weighted by atomic mass is 31.0. The Morgan fingerprint density at radius 2 is 1.85 bits per heavy atom. The summed E-state index contributed by atoms with van der Waals surface area (Å²) in [6.07, 6.45) is 18.0. The highest BCUT2D eigenvalue weighted by Gasteiger charge is 2.57. The molecule has 0 aromatic heterocycles. The molecule has 0 spiro atoms. The molecule has 0 saturated heterocycles. The van der Waals surface area contributed by atoms with Crippen molar-refractivity contribution >= 4 is 9.24 Å². The van der Waals surface area contributed by atoms with E-state index in [4.69, 9.17) is 0 Å². The van der Waals surface area contributed by atoms with Gasteiger partial charge in [0, 0.05) is 0 Å². The van der Waals surface area contributed by atoms with E-state index in [-0.39, 0.29) is 0 Å². The predicted molar refractivity (Wildman–Crippen MR) is 122 cm³/mol. The summed E-state index contributed by atoms with van der Waals surface area (Å²) in [5.41, 5.74) is 4.39. The lowest BCUT2D eigenvalue weighted by Crippen LogP contribution is -2.53. The molecule has 0 amide bonds. The summed E-state index contributed by atoms with van der Waals surface area (Å²) in [5.74, 6) is 3.57. The van der Waals surface area contributed by atoms with Crippen LogP contribution < -0.4 is 0 Å².